The van der Waals surface area contributed by atoms with Gasteiger partial charge in [-0.3, -0.25) is 4.79 Å². The quantitative estimate of drug-likeness (QED) is 0.619. The van der Waals surface area contributed by atoms with Crippen LogP contribution in [0.4, 0.5) is 5.82 Å². The Morgan fingerprint density at radius 3 is 2.31 bits per heavy atom. The van der Waals surface area contributed by atoms with E-state index in [1.807, 2.05) is 53.4 Å². The number of piperazine rings is 1. The van der Waals surface area contributed by atoms with Gasteiger partial charge in [0.25, 0.3) is 5.91 Å². The third kappa shape index (κ3) is 4.24. The van der Waals surface area contributed by atoms with Gasteiger partial charge in [-0.25, -0.2) is 4.98 Å². The summed E-state index contributed by atoms with van der Waals surface area (Å²) in [6, 6.07) is 17.7. The number of pyridine rings is 1. The second-order valence-electron chi connectivity index (χ2n) is 9.14. The molecule has 32 heavy (non-hydrogen) atoms. The Labute approximate surface area is 189 Å². The number of fused-ring (bicyclic) bond motifs is 1. The molecule has 2 aromatic carbocycles. The molecule has 1 aromatic heterocycles. The lowest BCUT2D eigenvalue weighted by Gasteiger charge is -2.36. The van der Waals surface area contributed by atoms with Crippen molar-refractivity contribution in [3.8, 4) is 11.8 Å². The molecule has 164 valence electrons. The van der Waals surface area contributed by atoms with Gasteiger partial charge in [-0.1, -0.05) is 32.9 Å². The van der Waals surface area contributed by atoms with Crippen molar-refractivity contribution in [3.63, 3.8) is 0 Å². The minimum absolute atomic E-state index is 0.0434. The molecule has 6 nitrogen and oxygen atoms in total. The third-order valence-corrected chi connectivity index (χ3v) is 5.99. The van der Waals surface area contributed by atoms with Crippen LogP contribution in [0, 0.1) is 11.3 Å². The van der Waals surface area contributed by atoms with Crippen molar-refractivity contribution in [2.24, 2.45) is 0 Å². The lowest BCUT2D eigenvalue weighted by atomic mass is 9.86. The summed E-state index contributed by atoms with van der Waals surface area (Å²) in [7, 11) is 1.62. The van der Waals surface area contributed by atoms with Gasteiger partial charge in [0.05, 0.1) is 18.2 Å². The predicted molar refractivity (Wildman–Crippen MR) is 126 cm³/mol. The van der Waals surface area contributed by atoms with E-state index in [4.69, 9.17) is 9.72 Å². The first-order chi connectivity index (χ1) is 15.3. The van der Waals surface area contributed by atoms with Gasteiger partial charge in [0.2, 0.25) is 0 Å². The lowest BCUT2D eigenvalue weighted by Crippen LogP contribution is -2.49. The minimum Gasteiger partial charge on any atom is -0.497 e. The van der Waals surface area contributed by atoms with E-state index in [-0.39, 0.29) is 11.3 Å². The number of rotatable bonds is 3. The Morgan fingerprint density at radius 2 is 1.72 bits per heavy atom. The van der Waals surface area contributed by atoms with Crippen molar-refractivity contribution >= 4 is 22.6 Å². The zero-order valence-electron chi connectivity index (χ0n) is 19.1. The zero-order valence-corrected chi connectivity index (χ0v) is 19.1. The van der Waals surface area contributed by atoms with Gasteiger partial charge < -0.3 is 14.5 Å². The molecular formula is C26H28N4O2. The average Bonchev–Trinajstić information content (AvgIpc) is 2.82. The monoisotopic (exact) mass is 428 g/mol. The van der Waals surface area contributed by atoms with Gasteiger partial charge in [0.1, 0.15) is 17.6 Å². The second kappa shape index (κ2) is 8.51. The van der Waals surface area contributed by atoms with E-state index in [1.165, 1.54) is 5.56 Å². The summed E-state index contributed by atoms with van der Waals surface area (Å²) >= 11 is 0. The molecule has 0 atom stereocenters. The molecule has 3 aromatic rings. The largest absolute Gasteiger partial charge is 0.497 e. The number of carbonyl (C=O) groups is 1. The van der Waals surface area contributed by atoms with Crippen LogP contribution >= 0.6 is 0 Å². The van der Waals surface area contributed by atoms with Crippen LogP contribution in [0.25, 0.3) is 10.9 Å². The number of ether oxygens (including phenoxy) is 1. The zero-order chi connectivity index (χ0) is 22.9. The predicted octanol–water partition coefficient (Wildman–Crippen LogP) is 4.37. The molecular weight excluding hydrogens is 400 g/mol. The minimum atomic E-state index is 0.0434. The summed E-state index contributed by atoms with van der Waals surface area (Å²) < 4.78 is 5.31. The molecule has 0 unspecified atom stereocenters. The van der Waals surface area contributed by atoms with Crippen molar-refractivity contribution in [2.75, 3.05) is 38.2 Å². The molecule has 0 N–H and O–H groups in total. The van der Waals surface area contributed by atoms with Crippen LogP contribution < -0.4 is 9.64 Å². The molecule has 1 amide bonds. The number of nitrogens with zero attached hydrogens (tertiary/aromatic N) is 4. The van der Waals surface area contributed by atoms with Crippen molar-refractivity contribution in [3.05, 3.63) is 65.2 Å². The number of benzene rings is 2. The maximum atomic E-state index is 13.0. The summed E-state index contributed by atoms with van der Waals surface area (Å²) in [6.07, 6.45) is 0. The smallest absolute Gasteiger partial charge is 0.253 e. The molecule has 6 heteroatoms. The van der Waals surface area contributed by atoms with Gasteiger partial charge >= 0.3 is 0 Å². The topological polar surface area (TPSA) is 69.5 Å². The van der Waals surface area contributed by atoms with Gasteiger partial charge in [-0.15, -0.1) is 0 Å². The molecule has 1 saturated heterocycles. The number of methoxy groups -OCH3 is 1. The fraction of sp³-hybridized carbons (Fsp3) is 0.346. The number of nitriles is 1. The number of hydrogen-bond acceptors (Lipinski definition) is 5. The Bertz CT molecular complexity index is 1180. The van der Waals surface area contributed by atoms with E-state index >= 15 is 0 Å². The fourth-order valence-corrected chi connectivity index (χ4v) is 4.00. The Balaban J connectivity index is 1.50. The molecule has 0 radical (unpaired) electrons. The summed E-state index contributed by atoms with van der Waals surface area (Å²) in [5.74, 6) is 1.44. The molecule has 0 bridgehead atoms. The van der Waals surface area contributed by atoms with Crippen LogP contribution in [-0.2, 0) is 5.41 Å². The highest BCUT2D eigenvalue weighted by molar-refractivity contribution is 5.94. The van der Waals surface area contributed by atoms with E-state index in [0.29, 0.717) is 43.1 Å². The maximum absolute atomic E-state index is 13.0. The average molecular weight is 429 g/mol. The normalized spacial score (nSPS) is 14.3. The standard InChI is InChI=1S/C26H28N4O2/c1-26(2,3)21-8-5-18(6-9-21)25(31)30-13-11-29(12-14-30)24-20(17-27)15-19-7-10-22(32-4)16-23(19)28-24/h5-10,15-16H,11-14H2,1-4H3. The fourth-order valence-electron chi connectivity index (χ4n) is 4.00. The molecule has 2 heterocycles. The van der Waals surface area contributed by atoms with Crippen molar-refractivity contribution < 1.29 is 9.53 Å². The van der Waals surface area contributed by atoms with Gasteiger partial charge in [0.15, 0.2) is 0 Å². The molecule has 1 fully saturated rings. The van der Waals surface area contributed by atoms with Crippen molar-refractivity contribution in [1.82, 2.24) is 9.88 Å². The van der Waals surface area contributed by atoms with Crippen LogP contribution in [-0.4, -0.2) is 49.1 Å². The molecule has 0 saturated carbocycles. The van der Waals surface area contributed by atoms with Gasteiger partial charge in [-0.05, 0) is 41.3 Å². The van der Waals surface area contributed by atoms with E-state index in [0.717, 1.165) is 16.7 Å². The highest BCUT2D eigenvalue weighted by Gasteiger charge is 2.25. The highest BCUT2D eigenvalue weighted by atomic mass is 16.5. The van der Waals surface area contributed by atoms with Crippen LogP contribution in [0.1, 0.15) is 42.3 Å². The van der Waals surface area contributed by atoms with E-state index in [2.05, 4.69) is 31.7 Å². The molecule has 1 aliphatic rings. The van der Waals surface area contributed by atoms with Gasteiger partial charge in [-0.2, -0.15) is 5.26 Å². The second-order valence-corrected chi connectivity index (χ2v) is 9.14. The number of hydrogen-bond donors (Lipinski definition) is 0. The Kier molecular flexibility index (Phi) is 5.75. The summed E-state index contributed by atoms with van der Waals surface area (Å²) in [5.41, 5.74) is 3.31. The molecule has 0 aliphatic carbocycles. The number of amides is 1. The molecule has 0 spiro atoms. The van der Waals surface area contributed by atoms with Crippen molar-refractivity contribution in [2.45, 2.75) is 26.2 Å². The first kappa shape index (κ1) is 21.6. The van der Waals surface area contributed by atoms with Gasteiger partial charge in [0, 0.05) is 43.2 Å². The van der Waals surface area contributed by atoms with Crippen LogP contribution in [0.2, 0.25) is 0 Å². The Morgan fingerprint density at radius 1 is 1.03 bits per heavy atom. The first-order valence-corrected chi connectivity index (χ1v) is 10.8. The summed E-state index contributed by atoms with van der Waals surface area (Å²) in [5, 5.41) is 10.6. The molecule has 4 rings (SSSR count). The van der Waals surface area contributed by atoms with E-state index in [1.54, 1.807) is 7.11 Å². The number of anilines is 1. The summed E-state index contributed by atoms with van der Waals surface area (Å²) in [6.45, 7) is 8.91. The maximum Gasteiger partial charge on any atom is 0.253 e. The SMILES string of the molecule is COc1ccc2cc(C#N)c(N3CCN(C(=O)c4ccc(C(C)(C)C)cc4)CC3)nc2c1. The van der Waals surface area contributed by atoms with Crippen LogP contribution in [0.3, 0.4) is 0 Å². The van der Waals surface area contributed by atoms with Crippen LogP contribution in [0.15, 0.2) is 48.5 Å². The summed E-state index contributed by atoms with van der Waals surface area (Å²) in [4.78, 5) is 21.7. The number of carbonyl (C=O) groups excluding carboxylic acids is 1. The number of aromatic nitrogens is 1. The first-order valence-electron chi connectivity index (χ1n) is 10.8. The lowest BCUT2D eigenvalue weighted by molar-refractivity contribution is 0.0746. The van der Waals surface area contributed by atoms with E-state index < -0.39 is 0 Å². The Hall–Kier alpha value is -3.59. The molecule has 1 aliphatic heterocycles. The third-order valence-electron chi connectivity index (χ3n) is 5.99. The van der Waals surface area contributed by atoms with Crippen LogP contribution in [0.5, 0.6) is 5.75 Å². The highest BCUT2D eigenvalue weighted by Crippen LogP contribution is 2.27. The van der Waals surface area contributed by atoms with E-state index in [9.17, 15) is 10.1 Å². The van der Waals surface area contributed by atoms with Crippen molar-refractivity contribution in [1.29, 1.82) is 5.26 Å².